The molecule has 0 radical (unpaired) electrons. The Hall–Kier alpha value is -7.99. The van der Waals surface area contributed by atoms with Crippen LogP contribution < -0.4 is 26.2 Å². The third-order valence-electron chi connectivity index (χ3n) is 18.3. The highest BCUT2D eigenvalue weighted by Gasteiger charge is 2.46. The van der Waals surface area contributed by atoms with Crippen molar-refractivity contribution in [2.75, 3.05) is 57.3 Å². The van der Waals surface area contributed by atoms with E-state index in [9.17, 15) is 28.4 Å². The van der Waals surface area contributed by atoms with Gasteiger partial charge in [0.15, 0.2) is 18.4 Å². The number of alkyl carbamates (subject to hydrolysis) is 2. The van der Waals surface area contributed by atoms with Crippen molar-refractivity contribution in [3.8, 4) is 11.1 Å². The van der Waals surface area contributed by atoms with E-state index in [2.05, 4.69) is 15.6 Å². The molecule has 5 aliphatic rings. The molecule has 4 fully saturated rings. The van der Waals surface area contributed by atoms with Crippen molar-refractivity contribution in [2.24, 2.45) is 11.7 Å². The van der Waals surface area contributed by atoms with Crippen LogP contribution in [-0.4, -0.2) is 131 Å². The van der Waals surface area contributed by atoms with Crippen LogP contribution in [0.2, 0.25) is 0 Å². The van der Waals surface area contributed by atoms with Gasteiger partial charge in [-0.2, -0.15) is 0 Å². The number of H-pyrrole nitrogens is 1. The molecule has 5 aliphatic heterocycles. The number of rotatable bonds is 16. The van der Waals surface area contributed by atoms with Gasteiger partial charge >= 0.3 is 18.2 Å². The summed E-state index contributed by atoms with van der Waals surface area (Å²) in [6, 6.07) is 8.80. The van der Waals surface area contributed by atoms with Gasteiger partial charge in [-0.05, 0) is 124 Å². The first-order valence-corrected chi connectivity index (χ1v) is 29.6. The normalized spacial score (nSPS) is 20.8. The molecule has 86 heavy (non-hydrogen) atoms. The summed E-state index contributed by atoms with van der Waals surface area (Å²) in [5.74, 6) is -3.47. The number of ether oxygens (including phenoxy) is 4. The average molecular weight is 1190 g/mol. The molecule has 2 aromatic heterocycles. The van der Waals surface area contributed by atoms with Gasteiger partial charge < -0.3 is 59.9 Å². The maximum atomic E-state index is 18.3. The lowest BCUT2D eigenvalue weighted by Crippen LogP contribution is -2.54. The van der Waals surface area contributed by atoms with Crippen LogP contribution in [0.3, 0.4) is 0 Å². The van der Waals surface area contributed by atoms with E-state index in [-0.39, 0.29) is 63.9 Å². The number of carbonyl (C=O) groups is 5. The van der Waals surface area contributed by atoms with E-state index in [1.165, 1.54) is 45.6 Å². The molecule has 458 valence electrons. The predicted molar refractivity (Wildman–Crippen MR) is 311 cm³/mol. The molecule has 20 nitrogen and oxygen atoms in total. The van der Waals surface area contributed by atoms with Crippen LogP contribution in [0.1, 0.15) is 144 Å². The van der Waals surface area contributed by atoms with E-state index in [4.69, 9.17) is 34.6 Å². The van der Waals surface area contributed by atoms with E-state index in [0.717, 1.165) is 5.56 Å². The van der Waals surface area contributed by atoms with Crippen molar-refractivity contribution in [2.45, 2.75) is 147 Å². The van der Waals surface area contributed by atoms with Crippen LogP contribution in [-0.2, 0) is 40.1 Å². The number of carbonyl (C=O) groups excluding carboxylic acids is 5. The van der Waals surface area contributed by atoms with Gasteiger partial charge in [-0.3, -0.25) is 19.0 Å². The molecule has 4 amide bonds. The Morgan fingerprint density at radius 3 is 2.06 bits per heavy atom. The molecule has 5 N–H and O–H groups in total. The number of imidazole rings is 2. The largest absolute Gasteiger partial charge is 0.453 e. The minimum atomic E-state index is -1.07. The molecular formula is C62H73F4N11O9. The lowest BCUT2D eigenvalue weighted by atomic mass is 9.86. The van der Waals surface area contributed by atoms with Gasteiger partial charge in [-0.1, -0.05) is 32.9 Å². The number of amides is 4. The third-order valence-corrected chi connectivity index (χ3v) is 18.3. The zero-order valence-electron chi connectivity index (χ0n) is 49.3. The standard InChI is InChI=1S/C62H73F4N11O9/c1-8-41(71-61(81)84-6)58(78)75-22-10-12-48(75)57-70-44-27-38(39(64)28-49(44)76(57)30-86-60(80)53(67)31(2)3)46-18-17-45-36-25-42-43(69-56(68-42)47-11-9-21-74(47)59(79)54(32(4)83-5)72-62(82)85-7)26-37(36)51-50(77(45)46)29-40(65)55(52(51)66)73-23-19-34(20-24-73)33-13-15-35(63)16-14-33/h13-16,25-29,31-32,34,41,45-48,53-54H,8-12,17-24,30,67H2,1-7H3,(H,68,69)(H,71,81)(H,72,82)/t32-,41+,45-,46-,47+,48+,53+,54+/m1/s1. The Morgan fingerprint density at radius 1 is 0.733 bits per heavy atom. The number of methoxy groups -OCH3 is 3. The molecule has 4 saturated heterocycles. The number of nitrogens with two attached hydrogens (primary N) is 1. The van der Waals surface area contributed by atoms with Gasteiger partial charge in [0.1, 0.15) is 47.1 Å². The molecule has 7 heterocycles. The first kappa shape index (κ1) is 59.7. The van der Waals surface area contributed by atoms with E-state index >= 15 is 13.2 Å². The Bertz CT molecular complexity index is 3590. The SMILES string of the molecule is CC[C@H](NC(=O)OC)C(=O)N1CCC[C@H]1c1nc2cc([C@H]3CC[C@@H]4c5cc6[nH]c([C@@H]7CCCN7C(=O)[C@@H](NC(=O)OC)[C@@H](C)OC)nc6cc5-c5c(cc(F)c(N6CCC(c7ccc(F)cc7)CC6)c5F)N34)c(F)cc2n1COC(=O)[C@@H](N)C(C)C. The van der Waals surface area contributed by atoms with Gasteiger partial charge in [0.05, 0.1) is 72.2 Å². The van der Waals surface area contributed by atoms with Gasteiger partial charge in [0.2, 0.25) is 11.8 Å². The summed E-state index contributed by atoms with van der Waals surface area (Å²) >= 11 is 0. The van der Waals surface area contributed by atoms with E-state index in [1.807, 2.05) is 11.0 Å². The van der Waals surface area contributed by atoms with E-state index in [0.29, 0.717) is 117 Å². The Labute approximate surface area is 495 Å². The molecule has 4 aromatic carbocycles. The Kier molecular flexibility index (Phi) is 17.0. The van der Waals surface area contributed by atoms with Crippen molar-refractivity contribution in [1.29, 1.82) is 0 Å². The number of esters is 1. The van der Waals surface area contributed by atoms with Crippen LogP contribution >= 0.6 is 0 Å². The summed E-state index contributed by atoms with van der Waals surface area (Å²) in [5, 5.41) is 5.23. The number of benzene rings is 4. The molecular weight excluding hydrogens is 1120 g/mol. The smallest absolute Gasteiger partial charge is 0.407 e. The van der Waals surface area contributed by atoms with Crippen LogP contribution in [0.15, 0.2) is 54.6 Å². The summed E-state index contributed by atoms with van der Waals surface area (Å²) in [5.41, 5.74) is 10.3. The van der Waals surface area contributed by atoms with Gasteiger partial charge in [0.25, 0.3) is 0 Å². The molecule has 0 aliphatic carbocycles. The number of hydrogen-bond acceptors (Lipinski definition) is 14. The number of anilines is 2. The van der Waals surface area contributed by atoms with Gasteiger partial charge in [0, 0.05) is 56.5 Å². The molecule has 11 rings (SSSR count). The molecule has 0 saturated carbocycles. The number of halogens is 4. The topological polar surface area (TPSA) is 232 Å². The summed E-state index contributed by atoms with van der Waals surface area (Å²) < 4.78 is 89.7. The highest BCUT2D eigenvalue weighted by Crippen LogP contribution is 2.58. The summed E-state index contributed by atoms with van der Waals surface area (Å²) in [7, 11) is 3.86. The minimum Gasteiger partial charge on any atom is -0.453 e. The Morgan fingerprint density at radius 2 is 1.40 bits per heavy atom. The molecule has 0 bridgehead atoms. The maximum absolute atomic E-state index is 18.3. The summed E-state index contributed by atoms with van der Waals surface area (Å²) in [6.45, 7) is 7.91. The van der Waals surface area contributed by atoms with E-state index < -0.39 is 90.7 Å². The number of piperidine rings is 1. The monoisotopic (exact) mass is 1190 g/mol. The number of nitrogens with zero attached hydrogens (tertiary/aromatic N) is 7. The van der Waals surface area contributed by atoms with Crippen molar-refractivity contribution in [3.05, 3.63) is 106 Å². The van der Waals surface area contributed by atoms with Crippen molar-refractivity contribution >= 4 is 63.4 Å². The van der Waals surface area contributed by atoms with Crippen molar-refractivity contribution in [3.63, 3.8) is 0 Å². The second-order valence-corrected chi connectivity index (χ2v) is 23.5. The average Bonchev–Trinajstić information content (AvgIpc) is 1.53. The van der Waals surface area contributed by atoms with Crippen LogP contribution in [0.25, 0.3) is 33.2 Å². The lowest BCUT2D eigenvalue weighted by molar-refractivity contribution is -0.150. The summed E-state index contributed by atoms with van der Waals surface area (Å²) in [6.07, 6.45) is 2.10. The molecule has 0 spiro atoms. The third kappa shape index (κ3) is 10.9. The zero-order chi connectivity index (χ0) is 61.0. The first-order chi connectivity index (χ1) is 41.3. The molecule has 8 atom stereocenters. The van der Waals surface area contributed by atoms with E-state index in [1.54, 1.807) is 71.2 Å². The molecule has 6 aromatic rings. The lowest BCUT2D eigenvalue weighted by Gasteiger charge is -2.41. The quantitative estimate of drug-likeness (QED) is 0.0402. The Balaban J connectivity index is 1.00. The number of hydrogen-bond donors (Lipinski definition) is 4. The minimum absolute atomic E-state index is 0.0466. The molecule has 24 heteroatoms. The van der Waals surface area contributed by atoms with Crippen molar-refractivity contribution in [1.82, 2.24) is 40.0 Å². The highest BCUT2D eigenvalue weighted by molar-refractivity contribution is 5.95. The fraction of sp³-hybridized carbons (Fsp3) is 0.500. The predicted octanol–water partition coefficient (Wildman–Crippen LogP) is 9.62. The van der Waals surface area contributed by atoms with Gasteiger partial charge in [-0.15, -0.1) is 0 Å². The second kappa shape index (κ2) is 24.4. The van der Waals surface area contributed by atoms with Gasteiger partial charge in [-0.25, -0.2) is 37.1 Å². The van der Waals surface area contributed by atoms with Crippen LogP contribution in [0.5, 0.6) is 0 Å². The second-order valence-electron chi connectivity index (χ2n) is 23.5. The highest BCUT2D eigenvalue weighted by atomic mass is 19.1. The number of aromatic nitrogens is 4. The number of aromatic amines is 1. The number of likely N-dealkylation sites (tertiary alicyclic amines) is 2. The van der Waals surface area contributed by atoms with Crippen LogP contribution in [0, 0.1) is 29.2 Å². The number of fused-ring (bicyclic) bond motifs is 8. The number of nitrogens with one attached hydrogen (secondary N) is 3. The summed E-state index contributed by atoms with van der Waals surface area (Å²) in [4.78, 5) is 87.1. The van der Waals surface area contributed by atoms with Crippen molar-refractivity contribution < 1.29 is 60.5 Å². The maximum Gasteiger partial charge on any atom is 0.407 e. The fourth-order valence-electron chi connectivity index (χ4n) is 13.6. The fourth-order valence-corrected chi connectivity index (χ4v) is 13.6. The first-order valence-electron chi connectivity index (χ1n) is 29.6. The zero-order valence-corrected chi connectivity index (χ0v) is 49.3. The molecule has 0 unspecified atom stereocenters. The van der Waals surface area contributed by atoms with Crippen LogP contribution in [0.4, 0.5) is 38.5 Å².